The summed E-state index contributed by atoms with van der Waals surface area (Å²) in [6, 6.07) is 2.50. The van der Waals surface area contributed by atoms with Crippen molar-refractivity contribution in [3.05, 3.63) is 28.0 Å². The molecule has 16 heavy (non-hydrogen) atoms. The first-order chi connectivity index (χ1) is 7.47. The summed E-state index contributed by atoms with van der Waals surface area (Å²) in [5, 5.41) is 28.6. The van der Waals surface area contributed by atoms with Crippen LogP contribution in [0.2, 0.25) is 0 Å². The molecule has 1 atom stereocenters. The molecule has 1 heterocycles. The molecule has 1 aromatic rings. The van der Waals surface area contributed by atoms with Crippen LogP contribution in [0.3, 0.4) is 0 Å². The molecule has 0 radical (unpaired) electrons. The number of nitrogens with zero attached hydrogens (tertiary/aromatic N) is 1. The second kappa shape index (κ2) is 3.31. The topological polar surface area (TPSA) is 114 Å². The van der Waals surface area contributed by atoms with Crippen molar-refractivity contribution in [3.63, 3.8) is 0 Å². The third-order valence-corrected chi connectivity index (χ3v) is 2.81. The number of carbonyl (C=O) groups is 1. The molecule has 86 valence electrons. The molecule has 2 N–H and O–H groups in total. The molecule has 1 saturated carbocycles. The molecule has 1 aliphatic rings. The molecule has 1 fully saturated rings. The minimum absolute atomic E-state index is 0.161. The van der Waals surface area contributed by atoms with Crippen molar-refractivity contribution in [1.29, 1.82) is 0 Å². The Morgan fingerprint density at radius 1 is 1.56 bits per heavy atom. The van der Waals surface area contributed by atoms with Crippen molar-refractivity contribution in [1.82, 2.24) is 0 Å². The van der Waals surface area contributed by atoms with Crippen molar-refractivity contribution >= 4 is 11.9 Å². The monoisotopic (exact) mass is 227 g/mol. The molecule has 1 aliphatic carbocycles. The van der Waals surface area contributed by atoms with Gasteiger partial charge in [0.2, 0.25) is 0 Å². The first-order valence-corrected chi connectivity index (χ1v) is 4.63. The zero-order valence-electron chi connectivity index (χ0n) is 8.12. The number of aliphatic carboxylic acids is 1. The van der Waals surface area contributed by atoms with Gasteiger partial charge in [0.25, 0.3) is 0 Å². The van der Waals surface area contributed by atoms with Crippen molar-refractivity contribution in [2.75, 3.05) is 0 Å². The smallest absolute Gasteiger partial charge is 0.433 e. The molecular weight excluding hydrogens is 218 g/mol. The van der Waals surface area contributed by atoms with Crippen LogP contribution < -0.4 is 0 Å². The van der Waals surface area contributed by atoms with Gasteiger partial charge in [-0.2, -0.15) is 0 Å². The summed E-state index contributed by atoms with van der Waals surface area (Å²) in [5.74, 6) is -1.63. The van der Waals surface area contributed by atoms with E-state index in [1.807, 2.05) is 0 Å². The van der Waals surface area contributed by atoms with Gasteiger partial charge in [-0.05, 0) is 18.9 Å². The largest absolute Gasteiger partial charge is 0.479 e. The Balaban J connectivity index is 2.30. The fraction of sp³-hybridized carbons (Fsp3) is 0.444. The van der Waals surface area contributed by atoms with Gasteiger partial charge in [0.05, 0.1) is 11.5 Å². The minimum Gasteiger partial charge on any atom is -0.479 e. The van der Waals surface area contributed by atoms with Crippen LogP contribution in [0.1, 0.15) is 18.6 Å². The molecule has 7 heteroatoms. The van der Waals surface area contributed by atoms with Crippen LogP contribution in [0.4, 0.5) is 5.88 Å². The van der Waals surface area contributed by atoms with Crippen LogP contribution in [0.25, 0.3) is 0 Å². The fourth-order valence-electron chi connectivity index (χ4n) is 1.72. The maximum absolute atomic E-state index is 10.7. The number of nitro groups is 1. The number of carboxylic acids is 1. The van der Waals surface area contributed by atoms with Crippen LogP contribution in [0, 0.1) is 10.1 Å². The second-order valence-corrected chi connectivity index (χ2v) is 3.79. The van der Waals surface area contributed by atoms with E-state index in [2.05, 4.69) is 0 Å². The molecule has 0 saturated heterocycles. The molecule has 1 aromatic heterocycles. The zero-order chi connectivity index (χ0) is 11.9. The minimum atomic E-state index is -1.58. The number of hydrogen-bond donors (Lipinski definition) is 2. The van der Waals surface area contributed by atoms with Gasteiger partial charge in [-0.15, -0.1) is 0 Å². The lowest BCUT2D eigenvalue weighted by Crippen LogP contribution is -2.33. The van der Waals surface area contributed by atoms with Crippen LogP contribution in [0.15, 0.2) is 16.5 Å². The molecule has 7 nitrogen and oxygen atoms in total. The maximum atomic E-state index is 10.7. The highest BCUT2D eigenvalue weighted by Crippen LogP contribution is 2.52. The van der Waals surface area contributed by atoms with E-state index >= 15 is 0 Å². The Labute approximate surface area is 89.4 Å². The molecule has 0 spiro atoms. The summed E-state index contributed by atoms with van der Waals surface area (Å²) >= 11 is 0. The van der Waals surface area contributed by atoms with Gasteiger partial charge in [0.1, 0.15) is 10.7 Å². The molecular formula is C9H9NO6. The van der Waals surface area contributed by atoms with Gasteiger partial charge in [-0.25, -0.2) is 4.79 Å². The fourth-order valence-corrected chi connectivity index (χ4v) is 1.72. The number of carboxylic acid groups (broad SMARTS) is 1. The van der Waals surface area contributed by atoms with Crippen LogP contribution in [-0.4, -0.2) is 27.2 Å². The molecule has 0 aromatic carbocycles. The van der Waals surface area contributed by atoms with Gasteiger partial charge in [0, 0.05) is 0 Å². The van der Waals surface area contributed by atoms with Crippen LogP contribution in [0.5, 0.6) is 0 Å². The summed E-state index contributed by atoms with van der Waals surface area (Å²) in [4.78, 5) is 20.4. The quantitative estimate of drug-likeness (QED) is 0.577. The predicted octanol–water partition coefficient (Wildman–Crippen LogP) is 0.665. The number of aliphatic hydroxyl groups is 1. The lowest BCUT2D eigenvalue weighted by molar-refractivity contribution is -0.402. The Morgan fingerprint density at radius 3 is 2.56 bits per heavy atom. The summed E-state index contributed by atoms with van der Waals surface area (Å²) in [6.07, 6.45) is -0.686. The normalized spacial score (nSPS) is 19.1. The second-order valence-electron chi connectivity index (χ2n) is 3.79. The van der Waals surface area contributed by atoms with E-state index in [0.717, 1.165) is 6.07 Å². The van der Waals surface area contributed by atoms with E-state index in [9.17, 15) is 20.0 Å². The van der Waals surface area contributed by atoms with E-state index in [1.54, 1.807) is 0 Å². The third kappa shape index (κ3) is 1.45. The van der Waals surface area contributed by atoms with E-state index < -0.39 is 28.3 Å². The Hall–Kier alpha value is -1.89. The highest BCUT2D eigenvalue weighted by Gasteiger charge is 2.56. The Bertz CT molecular complexity index is 447. The van der Waals surface area contributed by atoms with E-state index in [-0.39, 0.29) is 5.76 Å². The summed E-state index contributed by atoms with van der Waals surface area (Å²) in [7, 11) is 0. The summed E-state index contributed by atoms with van der Waals surface area (Å²) in [5.41, 5.74) is -0.986. The van der Waals surface area contributed by atoms with Gasteiger partial charge in [-0.1, -0.05) is 0 Å². The van der Waals surface area contributed by atoms with Gasteiger partial charge < -0.3 is 14.6 Å². The van der Waals surface area contributed by atoms with Gasteiger partial charge in [0.15, 0.2) is 6.10 Å². The van der Waals surface area contributed by atoms with Crippen LogP contribution in [-0.2, 0) is 10.2 Å². The number of aliphatic hydroxyl groups excluding tert-OH is 1. The first-order valence-electron chi connectivity index (χ1n) is 4.63. The van der Waals surface area contributed by atoms with E-state index in [0.29, 0.717) is 12.8 Å². The van der Waals surface area contributed by atoms with E-state index in [1.165, 1.54) is 6.07 Å². The molecule has 2 rings (SSSR count). The van der Waals surface area contributed by atoms with Gasteiger partial charge in [-0.3, -0.25) is 10.1 Å². The summed E-state index contributed by atoms with van der Waals surface area (Å²) < 4.78 is 4.92. The lowest BCUT2D eigenvalue weighted by Gasteiger charge is -2.15. The van der Waals surface area contributed by atoms with Crippen molar-refractivity contribution in [3.8, 4) is 0 Å². The Kier molecular flexibility index (Phi) is 2.20. The van der Waals surface area contributed by atoms with Gasteiger partial charge >= 0.3 is 11.9 Å². The number of rotatable bonds is 4. The van der Waals surface area contributed by atoms with Crippen molar-refractivity contribution in [2.45, 2.75) is 24.4 Å². The number of hydrogen-bond acceptors (Lipinski definition) is 5. The standard InChI is InChI=1S/C9H9NO6/c11-7(8(12)13)9(3-4-9)5-1-2-6(16-5)10(14)15/h1-2,7,11H,3-4H2,(H,12,13). The Morgan fingerprint density at radius 2 is 2.19 bits per heavy atom. The molecule has 0 bridgehead atoms. The predicted molar refractivity (Wildman–Crippen MR) is 49.9 cm³/mol. The SMILES string of the molecule is O=C(O)C(O)C1(c2ccc([N+](=O)[O-])o2)CC1. The highest BCUT2D eigenvalue weighted by molar-refractivity contribution is 5.75. The summed E-state index contributed by atoms with van der Waals surface area (Å²) in [6.45, 7) is 0. The van der Waals surface area contributed by atoms with Crippen molar-refractivity contribution < 1.29 is 24.3 Å². The first kappa shape index (κ1) is 10.6. The molecule has 1 unspecified atom stereocenters. The highest BCUT2D eigenvalue weighted by atomic mass is 16.6. The number of furan rings is 1. The molecule has 0 amide bonds. The lowest BCUT2D eigenvalue weighted by atomic mass is 9.96. The van der Waals surface area contributed by atoms with Crippen molar-refractivity contribution in [2.24, 2.45) is 0 Å². The molecule has 0 aliphatic heterocycles. The van der Waals surface area contributed by atoms with Crippen LogP contribution >= 0.6 is 0 Å². The maximum Gasteiger partial charge on any atom is 0.433 e. The van der Waals surface area contributed by atoms with E-state index in [4.69, 9.17) is 9.52 Å². The average molecular weight is 227 g/mol. The average Bonchev–Trinajstić information content (AvgIpc) is 2.87. The zero-order valence-corrected chi connectivity index (χ0v) is 8.12. The third-order valence-electron chi connectivity index (χ3n) is 2.81.